The van der Waals surface area contributed by atoms with E-state index in [9.17, 15) is 16.8 Å². The van der Waals surface area contributed by atoms with Gasteiger partial charge in [-0.2, -0.15) is 0 Å². The van der Waals surface area contributed by atoms with E-state index in [1.54, 1.807) is 6.92 Å². The van der Waals surface area contributed by atoms with Crippen molar-refractivity contribution in [2.75, 3.05) is 17.3 Å². The number of sulfone groups is 1. The van der Waals surface area contributed by atoms with Gasteiger partial charge in [0, 0.05) is 6.04 Å². The molecule has 1 N–H and O–H groups in total. The van der Waals surface area contributed by atoms with Crippen LogP contribution < -0.4 is 4.72 Å². The minimum Gasteiger partial charge on any atom is -0.229 e. The first kappa shape index (κ1) is 12.9. The van der Waals surface area contributed by atoms with Gasteiger partial charge in [0.2, 0.25) is 10.0 Å². The monoisotopic (exact) mass is 255 g/mol. The van der Waals surface area contributed by atoms with E-state index in [1.807, 2.05) is 0 Å². The molecule has 0 saturated carbocycles. The average molecular weight is 255 g/mol. The van der Waals surface area contributed by atoms with Gasteiger partial charge in [-0.15, -0.1) is 0 Å². The Bertz CT molecular complexity index is 384. The standard InChI is InChI=1S/C8H17NO4S2/c1-2-5-15(12,13)9-8-3-6-14(10,11)7-4-8/h8-9H,2-7H2,1H3. The molecule has 0 spiro atoms. The lowest BCUT2D eigenvalue weighted by Gasteiger charge is -2.22. The Morgan fingerprint density at radius 2 is 1.80 bits per heavy atom. The van der Waals surface area contributed by atoms with Gasteiger partial charge < -0.3 is 0 Å². The molecular formula is C8H17NO4S2. The highest BCUT2D eigenvalue weighted by Gasteiger charge is 2.26. The van der Waals surface area contributed by atoms with Gasteiger partial charge in [0.1, 0.15) is 9.84 Å². The number of sulfonamides is 1. The fourth-order valence-electron chi connectivity index (χ4n) is 1.59. The van der Waals surface area contributed by atoms with Crippen LogP contribution in [0.25, 0.3) is 0 Å². The summed E-state index contributed by atoms with van der Waals surface area (Å²) in [5, 5.41) is 0. The first-order valence-electron chi connectivity index (χ1n) is 5.05. The predicted molar refractivity (Wildman–Crippen MR) is 58.9 cm³/mol. The second-order valence-corrected chi connectivity index (χ2v) is 8.04. The molecule has 0 bridgehead atoms. The fraction of sp³-hybridized carbons (Fsp3) is 1.00. The van der Waals surface area contributed by atoms with Gasteiger partial charge in [0.25, 0.3) is 0 Å². The fourth-order valence-corrected chi connectivity index (χ4v) is 4.48. The summed E-state index contributed by atoms with van der Waals surface area (Å²) in [5.41, 5.74) is 0. The summed E-state index contributed by atoms with van der Waals surface area (Å²) < 4.78 is 47.6. The first-order chi connectivity index (χ1) is 6.85. The molecule has 0 radical (unpaired) electrons. The summed E-state index contributed by atoms with van der Waals surface area (Å²) in [7, 11) is -6.13. The highest BCUT2D eigenvalue weighted by atomic mass is 32.2. The van der Waals surface area contributed by atoms with Crippen LogP contribution in [0, 0.1) is 0 Å². The van der Waals surface area contributed by atoms with Crippen molar-refractivity contribution in [2.45, 2.75) is 32.2 Å². The third-order valence-corrected chi connectivity index (χ3v) is 5.73. The lowest BCUT2D eigenvalue weighted by atomic mass is 10.2. The number of nitrogens with one attached hydrogen (secondary N) is 1. The van der Waals surface area contributed by atoms with Crippen LogP contribution in [0.1, 0.15) is 26.2 Å². The second-order valence-electron chi connectivity index (χ2n) is 3.86. The maximum absolute atomic E-state index is 11.4. The van der Waals surface area contributed by atoms with Crippen molar-refractivity contribution in [3.8, 4) is 0 Å². The highest BCUT2D eigenvalue weighted by Crippen LogP contribution is 2.13. The van der Waals surface area contributed by atoms with Crippen LogP contribution in [0.15, 0.2) is 0 Å². The van der Waals surface area contributed by atoms with Crippen LogP contribution in [-0.2, 0) is 19.9 Å². The first-order valence-corrected chi connectivity index (χ1v) is 8.52. The minimum atomic E-state index is -3.21. The maximum Gasteiger partial charge on any atom is 0.211 e. The van der Waals surface area contributed by atoms with Crippen LogP contribution in [0.5, 0.6) is 0 Å². The number of hydrogen-bond donors (Lipinski definition) is 1. The maximum atomic E-state index is 11.4. The molecule has 1 aliphatic heterocycles. The van der Waals surface area contributed by atoms with E-state index < -0.39 is 19.9 Å². The molecular weight excluding hydrogens is 238 g/mol. The lowest BCUT2D eigenvalue weighted by molar-refractivity contribution is 0.505. The largest absolute Gasteiger partial charge is 0.229 e. The summed E-state index contributed by atoms with van der Waals surface area (Å²) in [6.45, 7) is 1.80. The van der Waals surface area contributed by atoms with Crippen molar-refractivity contribution >= 4 is 19.9 Å². The molecule has 0 amide bonds. The van der Waals surface area contributed by atoms with Crippen LogP contribution in [0.4, 0.5) is 0 Å². The summed E-state index contributed by atoms with van der Waals surface area (Å²) >= 11 is 0. The summed E-state index contributed by atoms with van der Waals surface area (Å²) in [4.78, 5) is 0. The van der Waals surface area contributed by atoms with Gasteiger partial charge in [-0.05, 0) is 19.3 Å². The van der Waals surface area contributed by atoms with Crippen LogP contribution >= 0.6 is 0 Å². The summed E-state index contributed by atoms with van der Waals surface area (Å²) in [6, 6.07) is -0.204. The molecule has 0 aromatic rings. The van der Waals surface area contributed by atoms with Crippen LogP contribution in [0.2, 0.25) is 0 Å². The molecule has 0 aromatic heterocycles. The van der Waals surface area contributed by atoms with E-state index in [4.69, 9.17) is 0 Å². The molecule has 0 aliphatic carbocycles. The Balaban J connectivity index is 2.49. The van der Waals surface area contributed by atoms with E-state index in [0.717, 1.165) is 0 Å². The number of rotatable bonds is 4. The molecule has 0 atom stereocenters. The molecule has 1 saturated heterocycles. The van der Waals surface area contributed by atoms with E-state index in [0.29, 0.717) is 19.3 Å². The molecule has 0 unspecified atom stereocenters. The quantitative estimate of drug-likeness (QED) is 0.760. The third-order valence-electron chi connectivity index (χ3n) is 2.37. The molecule has 1 fully saturated rings. The zero-order chi connectivity index (χ0) is 11.5. The van der Waals surface area contributed by atoms with Crippen molar-refractivity contribution in [3.63, 3.8) is 0 Å². The molecule has 1 heterocycles. The van der Waals surface area contributed by atoms with Gasteiger partial charge in [0.05, 0.1) is 17.3 Å². The van der Waals surface area contributed by atoms with Gasteiger partial charge >= 0.3 is 0 Å². The Kier molecular flexibility index (Phi) is 4.13. The Morgan fingerprint density at radius 3 is 2.27 bits per heavy atom. The van der Waals surface area contributed by atoms with E-state index in [1.165, 1.54) is 0 Å². The third kappa shape index (κ3) is 4.48. The zero-order valence-electron chi connectivity index (χ0n) is 8.77. The van der Waals surface area contributed by atoms with Crippen molar-refractivity contribution in [1.82, 2.24) is 4.72 Å². The molecule has 7 heteroatoms. The van der Waals surface area contributed by atoms with Gasteiger partial charge in [-0.1, -0.05) is 6.92 Å². The number of hydrogen-bond acceptors (Lipinski definition) is 4. The topological polar surface area (TPSA) is 80.3 Å². The zero-order valence-corrected chi connectivity index (χ0v) is 10.4. The van der Waals surface area contributed by atoms with Gasteiger partial charge in [0.15, 0.2) is 0 Å². The highest BCUT2D eigenvalue weighted by molar-refractivity contribution is 7.91. The lowest BCUT2D eigenvalue weighted by Crippen LogP contribution is -2.41. The SMILES string of the molecule is CCCS(=O)(=O)NC1CCS(=O)(=O)CC1. The van der Waals surface area contributed by atoms with Crippen LogP contribution in [0.3, 0.4) is 0 Å². The second kappa shape index (κ2) is 4.80. The van der Waals surface area contributed by atoms with E-state index in [2.05, 4.69) is 4.72 Å². The summed E-state index contributed by atoms with van der Waals surface area (Å²) in [6.07, 6.45) is 1.36. The van der Waals surface area contributed by atoms with Gasteiger partial charge in [-0.25, -0.2) is 21.6 Å². The molecule has 1 rings (SSSR count). The predicted octanol–water partition coefficient (Wildman–Crippen LogP) is -0.107. The summed E-state index contributed by atoms with van der Waals surface area (Å²) in [5.74, 6) is 0.287. The van der Waals surface area contributed by atoms with E-state index >= 15 is 0 Å². The molecule has 5 nitrogen and oxygen atoms in total. The average Bonchev–Trinajstić information content (AvgIpc) is 2.08. The Morgan fingerprint density at radius 1 is 1.27 bits per heavy atom. The van der Waals surface area contributed by atoms with Crippen molar-refractivity contribution in [1.29, 1.82) is 0 Å². The Labute approximate surface area is 91.2 Å². The smallest absolute Gasteiger partial charge is 0.211 e. The van der Waals surface area contributed by atoms with Crippen molar-refractivity contribution in [2.24, 2.45) is 0 Å². The molecule has 15 heavy (non-hydrogen) atoms. The van der Waals surface area contributed by atoms with E-state index in [-0.39, 0.29) is 23.3 Å². The van der Waals surface area contributed by atoms with Crippen molar-refractivity contribution in [3.05, 3.63) is 0 Å². The Hall–Kier alpha value is -0.140. The molecule has 0 aromatic carbocycles. The minimum absolute atomic E-state index is 0.0896. The van der Waals surface area contributed by atoms with Gasteiger partial charge in [-0.3, -0.25) is 0 Å². The van der Waals surface area contributed by atoms with Crippen molar-refractivity contribution < 1.29 is 16.8 Å². The molecule has 90 valence electrons. The molecule has 1 aliphatic rings. The van der Waals surface area contributed by atoms with Crippen LogP contribution in [-0.4, -0.2) is 40.1 Å². The normalized spacial score (nSPS) is 22.7.